The summed E-state index contributed by atoms with van der Waals surface area (Å²) in [5.74, 6) is -0.472. The van der Waals surface area contributed by atoms with Gasteiger partial charge in [-0.3, -0.25) is 0 Å². The number of benzene rings is 2. The van der Waals surface area contributed by atoms with Crippen molar-refractivity contribution in [3.05, 3.63) is 83.8 Å². The maximum absolute atomic E-state index is 10.2. The van der Waals surface area contributed by atoms with Gasteiger partial charge in [0, 0.05) is 5.41 Å². The van der Waals surface area contributed by atoms with Crippen LogP contribution in [0.5, 0.6) is 0 Å². The molecular weight excluding hydrogens is 454 g/mol. The molecular formula is C18H22Na2O8S2. The standard InChI is InChI=1S/C9H12O4S.C7H8O.C2H4O3S.2Na/c10-14(11,12)7-6-13-8-9-4-2-1-3-5-9;8-6-7-4-2-1-3-5-7;1-2-6(3,4)5;;/h1-5H,6-8H2,(H,10,11,12);1-5,8H,6H2;2H,1H2,(H,3,4,5);;/q;;;2*+1/p-2. The second kappa shape index (κ2) is 19.6. The van der Waals surface area contributed by atoms with Crippen LogP contribution in [-0.2, 0) is 38.2 Å². The van der Waals surface area contributed by atoms with E-state index >= 15 is 0 Å². The van der Waals surface area contributed by atoms with E-state index in [1.54, 1.807) is 0 Å². The van der Waals surface area contributed by atoms with Crippen molar-refractivity contribution in [3.8, 4) is 0 Å². The van der Waals surface area contributed by atoms with E-state index in [0.29, 0.717) is 12.0 Å². The maximum atomic E-state index is 10.2. The van der Waals surface area contributed by atoms with Gasteiger partial charge in [0.1, 0.15) is 10.1 Å². The predicted octanol–water partition coefficient (Wildman–Crippen LogP) is -4.39. The zero-order chi connectivity index (χ0) is 21.5. The zero-order valence-corrected chi connectivity index (χ0v) is 22.6. The van der Waals surface area contributed by atoms with Crippen LogP contribution in [0, 0.1) is 0 Å². The molecule has 0 aromatic heterocycles. The van der Waals surface area contributed by atoms with Gasteiger partial charge in [-0.2, -0.15) is 0 Å². The third-order valence-electron chi connectivity index (χ3n) is 2.82. The van der Waals surface area contributed by atoms with Crippen LogP contribution in [0.4, 0.5) is 0 Å². The Morgan fingerprint density at radius 3 is 1.57 bits per heavy atom. The molecule has 8 nitrogen and oxygen atoms in total. The zero-order valence-electron chi connectivity index (χ0n) is 17.0. The molecule has 0 aliphatic heterocycles. The van der Waals surface area contributed by atoms with Crippen LogP contribution < -0.4 is 59.1 Å². The van der Waals surface area contributed by atoms with Crippen molar-refractivity contribution < 1.29 is 94.9 Å². The first-order valence-electron chi connectivity index (χ1n) is 7.85. The van der Waals surface area contributed by atoms with Crippen molar-refractivity contribution in [2.45, 2.75) is 13.2 Å². The smallest absolute Gasteiger partial charge is 0.748 e. The monoisotopic (exact) mass is 476 g/mol. The third kappa shape index (κ3) is 24.2. The quantitative estimate of drug-likeness (QED) is 0.240. The van der Waals surface area contributed by atoms with Crippen molar-refractivity contribution in [1.29, 1.82) is 0 Å². The first-order valence-corrected chi connectivity index (χ1v) is 10.9. The van der Waals surface area contributed by atoms with Gasteiger partial charge in [0.05, 0.1) is 35.7 Å². The molecule has 2 rings (SSSR count). The number of hydrogen-bond donors (Lipinski definition) is 1. The molecule has 0 aliphatic carbocycles. The van der Waals surface area contributed by atoms with Gasteiger partial charge in [-0.1, -0.05) is 67.2 Å². The second-order valence-electron chi connectivity index (χ2n) is 5.10. The average Bonchev–Trinajstić information content (AvgIpc) is 2.66. The van der Waals surface area contributed by atoms with Crippen LogP contribution in [0.15, 0.2) is 72.7 Å². The fourth-order valence-corrected chi connectivity index (χ4v) is 1.83. The molecule has 0 saturated heterocycles. The Morgan fingerprint density at radius 2 is 1.27 bits per heavy atom. The Kier molecular flexibility index (Phi) is 22.6. The van der Waals surface area contributed by atoms with Crippen LogP contribution in [0.2, 0.25) is 0 Å². The summed E-state index contributed by atoms with van der Waals surface area (Å²) < 4.78 is 63.6. The summed E-state index contributed by atoms with van der Waals surface area (Å²) in [6.07, 6.45) is 0. The molecule has 0 spiro atoms. The van der Waals surface area contributed by atoms with Crippen molar-refractivity contribution >= 4 is 20.2 Å². The van der Waals surface area contributed by atoms with E-state index in [2.05, 4.69) is 6.58 Å². The van der Waals surface area contributed by atoms with Crippen molar-refractivity contribution in [3.63, 3.8) is 0 Å². The van der Waals surface area contributed by atoms with E-state index in [4.69, 9.17) is 9.84 Å². The molecule has 156 valence electrons. The van der Waals surface area contributed by atoms with E-state index in [1.165, 1.54) is 0 Å². The first-order chi connectivity index (χ1) is 13.1. The molecule has 0 unspecified atom stereocenters. The largest absolute Gasteiger partial charge is 1.00 e. The second-order valence-corrected chi connectivity index (χ2v) is 7.95. The molecule has 1 N–H and O–H groups in total. The Bertz CT molecular complexity index is 863. The topological polar surface area (TPSA) is 144 Å². The fraction of sp³-hybridized carbons (Fsp3) is 0.222. The normalized spacial score (nSPS) is 9.97. The molecule has 2 aromatic carbocycles. The molecule has 0 saturated carbocycles. The van der Waals surface area contributed by atoms with Gasteiger partial charge < -0.3 is 18.9 Å². The average molecular weight is 476 g/mol. The summed E-state index contributed by atoms with van der Waals surface area (Å²) in [6, 6.07) is 18.9. The van der Waals surface area contributed by atoms with Gasteiger partial charge in [0.2, 0.25) is 0 Å². The van der Waals surface area contributed by atoms with Crippen LogP contribution in [0.25, 0.3) is 0 Å². The number of aliphatic hydroxyl groups is 1. The maximum Gasteiger partial charge on any atom is 1.00 e. The van der Waals surface area contributed by atoms with E-state index < -0.39 is 26.0 Å². The molecule has 0 amide bonds. The molecule has 0 atom stereocenters. The van der Waals surface area contributed by atoms with Gasteiger partial charge in [-0.05, 0) is 11.1 Å². The van der Waals surface area contributed by atoms with Crippen LogP contribution >= 0.6 is 0 Å². The van der Waals surface area contributed by atoms with E-state index in [0.717, 1.165) is 11.1 Å². The number of rotatable bonds is 7. The van der Waals surface area contributed by atoms with Crippen molar-refractivity contribution in [2.75, 3.05) is 12.4 Å². The molecule has 0 heterocycles. The third-order valence-corrected chi connectivity index (χ3v) is 3.89. The van der Waals surface area contributed by atoms with E-state index in [9.17, 15) is 25.9 Å². The molecule has 0 aliphatic rings. The molecule has 2 aromatic rings. The number of ether oxygens (including phenoxy) is 1. The first kappa shape index (κ1) is 34.5. The van der Waals surface area contributed by atoms with E-state index in [-0.39, 0.29) is 72.3 Å². The van der Waals surface area contributed by atoms with E-state index in [1.807, 2.05) is 60.7 Å². The van der Waals surface area contributed by atoms with Crippen molar-refractivity contribution in [1.82, 2.24) is 0 Å². The predicted molar refractivity (Wildman–Crippen MR) is 103 cm³/mol. The fourth-order valence-electron chi connectivity index (χ4n) is 1.51. The van der Waals surface area contributed by atoms with Crippen LogP contribution in [0.1, 0.15) is 11.1 Å². The van der Waals surface area contributed by atoms with Gasteiger partial charge in [0.25, 0.3) is 0 Å². The Morgan fingerprint density at radius 1 is 0.867 bits per heavy atom. The summed E-state index contributed by atoms with van der Waals surface area (Å²) in [5.41, 5.74) is 1.92. The minimum atomic E-state index is -4.15. The minimum Gasteiger partial charge on any atom is -0.748 e. The van der Waals surface area contributed by atoms with Gasteiger partial charge >= 0.3 is 59.1 Å². The minimum absolute atomic E-state index is 0. The van der Waals surface area contributed by atoms with Gasteiger partial charge in [0.15, 0.2) is 0 Å². The molecule has 0 fully saturated rings. The Labute approximate surface area is 222 Å². The number of aliphatic hydroxyl groups excluding tert-OH is 1. The Balaban J connectivity index is -0.000000391. The summed E-state index contributed by atoms with van der Waals surface area (Å²) in [4.78, 5) is 0. The summed E-state index contributed by atoms with van der Waals surface area (Å²) in [6.45, 7) is 3.15. The molecule has 0 radical (unpaired) electrons. The molecule has 30 heavy (non-hydrogen) atoms. The molecule has 0 bridgehead atoms. The number of hydrogen-bond acceptors (Lipinski definition) is 8. The summed E-state index contributed by atoms with van der Waals surface area (Å²) >= 11 is 0. The van der Waals surface area contributed by atoms with Crippen LogP contribution in [0.3, 0.4) is 0 Å². The summed E-state index contributed by atoms with van der Waals surface area (Å²) in [5, 5.41) is 8.89. The summed E-state index contributed by atoms with van der Waals surface area (Å²) in [7, 11) is -8.30. The molecule has 12 heteroatoms. The Hall–Kier alpha value is -0.0800. The SMILES string of the molecule is C=CS(=O)(=O)[O-].O=S(=O)([O-])CCOCc1ccccc1.OCc1ccccc1.[Na+].[Na+]. The van der Waals surface area contributed by atoms with Gasteiger partial charge in [-0.15, -0.1) is 0 Å². The van der Waals surface area contributed by atoms with Gasteiger partial charge in [-0.25, -0.2) is 16.8 Å². The van der Waals surface area contributed by atoms with Crippen molar-refractivity contribution in [2.24, 2.45) is 0 Å². The van der Waals surface area contributed by atoms with Crippen LogP contribution in [-0.4, -0.2) is 43.4 Å².